The summed E-state index contributed by atoms with van der Waals surface area (Å²) in [6.45, 7) is 2.77. The number of aliphatic carboxylic acids is 1. The van der Waals surface area contributed by atoms with Crippen molar-refractivity contribution in [1.29, 1.82) is 0 Å². The number of ether oxygens (including phenoxy) is 1. The molecule has 2 heterocycles. The van der Waals surface area contributed by atoms with E-state index in [-0.39, 0.29) is 17.9 Å². The lowest BCUT2D eigenvalue weighted by Gasteiger charge is -2.38. The van der Waals surface area contributed by atoms with Crippen LogP contribution in [0, 0.1) is 0 Å². The Labute approximate surface area is 148 Å². The van der Waals surface area contributed by atoms with Crippen molar-refractivity contribution in [3.8, 4) is 0 Å². The van der Waals surface area contributed by atoms with Gasteiger partial charge in [0.05, 0.1) is 6.54 Å². The van der Waals surface area contributed by atoms with E-state index in [1.165, 1.54) is 5.56 Å². The number of amides is 1. The highest BCUT2D eigenvalue weighted by Crippen LogP contribution is 2.34. The summed E-state index contributed by atoms with van der Waals surface area (Å²) < 4.78 is 5.51. The molecule has 6 heteroatoms. The average Bonchev–Trinajstić information content (AvgIpc) is 3.10. The highest BCUT2D eigenvalue weighted by atomic mass is 16.5. The number of carboxylic acids is 1. The van der Waals surface area contributed by atoms with E-state index in [9.17, 15) is 14.7 Å². The van der Waals surface area contributed by atoms with Crippen molar-refractivity contribution in [3.63, 3.8) is 0 Å². The number of carbonyl (C=O) groups is 2. The molecule has 25 heavy (non-hydrogen) atoms. The summed E-state index contributed by atoms with van der Waals surface area (Å²) in [5, 5.41) is 12.3. The number of rotatable bonds is 6. The summed E-state index contributed by atoms with van der Waals surface area (Å²) in [6.07, 6.45) is 3.20. The van der Waals surface area contributed by atoms with Crippen LogP contribution in [0.15, 0.2) is 30.3 Å². The minimum atomic E-state index is -0.838. The molecule has 3 rings (SSSR count). The number of likely N-dealkylation sites (tertiary alicyclic amines) is 1. The van der Waals surface area contributed by atoms with Crippen LogP contribution in [-0.2, 0) is 19.7 Å². The normalized spacial score (nSPS) is 23.3. The summed E-state index contributed by atoms with van der Waals surface area (Å²) in [5.74, 6) is -0.939. The van der Waals surface area contributed by atoms with Gasteiger partial charge in [-0.1, -0.05) is 30.3 Å². The van der Waals surface area contributed by atoms with Crippen LogP contribution < -0.4 is 5.32 Å². The van der Waals surface area contributed by atoms with Crippen molar-refractivity contribution in [2.45, 2.75) is 37.1 Å². The molecule has 0 bridgehead atoms. The minimum absolute atomic E-state index is 0.102. The van der Waals surface area contributed by atoms with E-state index < -0.39 is 12.0 Å². The van der Waals surface area contributed by atoms with Gasteiger partial charge in [0.25, 0.3) is 0 Å². The molecular formula is C19H26N2O4. The smallest absolute Gasteiger partial charge is 0.320 e. The number of hydrogen-bond acceptors (Lipinski definition) is 4. The maximum Gasteiger partial charge on any atom is 0.320 e. The van der Waals surface area contributed by atoms with Gasteiger partial charge in [-0.05, 0) is 37.8 Å². The number of carboxylic acid groups (broad SMARTS) is 1. The van der Waals surface area contributed by atoms with Crippen LogP contribution in [0.3, 0.4) is 0 Å². The minimum Gasteiger partial charge on any atom is -0.480 e. The summed E-state index contributed by atoms with van der Waals surface area (Å²) in [5.41, 5.74) is 1.12. The summed E-state index contributed by atoms with van der Waals surface area (Å²) in [6, 6.07) is 9.73. The maximum absolute atomic E-state index is 12.4. The molecule has 2 fully saturated rings. The van der Waals surface area contributed by atoms with Gasteiger partial charge < -0.3 is 15.2 Å². The molecule has 0 saturated carbocycles. The van der Waals surface area contributed by atoms with Crippen LogP contribution in [0.4, 0.5) is 0 Å². The largest absolute Gasteiger partial charge is 0.480 e. The van der Waals surface area contributed by atoms with Crippen molar-refractivity contribution in [2.75, 3.05) is 32.8 Å². The van der Waals surface area contributed by atoms with Crippen LogP contribution in [-0.4, -0.2) is 60.8 Å². The third-order valence-electron chi connectivity index (χ3n) is 5.46. The molecule has 2 saturated heterocycles. The van der Waals surface area contributed by atoms with Gasteiger partial charge in [0.15, 0.2) is 0 Å². The molecule has 2 aliphatic heterocycles. The van der Waals surface area contributed by atoms with Crippen LogP contribution in [0.1, 0.15) is 31.2 Å². The molecule has 2 aliphatic rings. The zero-order chi connectivity index (χ0) is 17.7. The van der Waals surface area contributed by atoms with Crippen LogP contribution in [0.2, 0.25) is 0 Å². The molecule has 1 aromatic carbocycles. The molecule has 1 amide bonds. The van der Waals surface area contributed by atoms with E-state index in [0.29, 0.717) is 32.7 Å². The molecular weight excluding hydrogens is 320 g/mol. The Kier molecular flexibility index (Phi) is 5.71. The van der Waals surface area contributed by atoms with Crippen molar-refractivity contribution >= 4 is 11.9 Å². The van der Waals surface area contributed by atoms with Crippen molar-refractivity contribution in [3.05, 3.63) is 35.9 Å². The first kappa shape index (κ1) is 17.9. The van der Waals surface area contributed by atoms with E-state index in [1.54, 1.807) is 4.90 Å². The van der Waals surface area contributed by atoms with Crippen molar-refractivity contribution in [2.24, 2.45) is 0 Å². The molecule has 0 aromatic heterocycles. The van der Waals surface area contributed by atoms with Gasteiger partial charge in [-0.2, -0.15) is 0 Å². The Hall–Kier alpha value is -1.92. The Morgan fingerprint density at radius 1 is 1.24 bits per heavy atom. The van der Waals surface area contributed by atoms with Gasteiger partial charge in [-0.3, -0.25) is 14.5 Å². The molecule has 2 N–H and O–H groups in total. The first-order chi connectivity index (χ1) is 12.1. The molecule has 136 valence electrons. The molecule has 0 unspecified atom stereocenters. The van der Waals surface area contributed by atoms with E-state index >= 15 is 0 Å². The molecule has 1 aromatic rings. The predicted octanol–water partition coefficient (Wildman–Crippen LogP) is 1.40. The second-order valence-electron chi connectivity index (χ2n) is 7.00. The monoisotopic (exact) mass is 346 g/mol. The lowest BCUT2D eigenvalue weighted by molar-refractivity contribution is -0.142. The zero-order valence-corrected chi connectivity index (χ0v) is 14.4. The number of benzene rings is 1. The first-order valence-corrected chi connectivity index (χ1v) is 8.98. The van der Waals surface area contributed by atoms with Gasteiger partial charge in [-0.25, -0.2) is 0 Å². The molecule has 1 atom stereocenters. The van der Waals surface area contributed by atoms with Crippen LogP contribution >= 0.6 is 0 Å². The SMILES string of the molecule is O=C(CN1CCC[C@@H]1C(=O)O)NCC1(c2ccccc2)CCOCC1. The van der Waals surface area contributed by atoms with Crippen molar-refractivity contribution < 1.29 is 19.4 Å². The second-order valence-corrected chi connectivity index (χ2v) is 7.00. The van der Waals surface area contributed by atoms with Gasteiger partial charge in [0, 0.05) is 25.2 Å². The highest BCUT2D eigenvalue weighted by molar-refractivity contribution is 5.80. The van der Waals surface area contributed by atoms with Crippen LogP contribution in [0.25, 0.3) is 0 Å². The highest BCUT2D eigenvalue weighted by Gasteiger charge is 2.36. The topological polar surface area (TPSA) is 78.9 Å². The Bertz CT molecular complexity index is 599. The van der Waals surface area contributed by atoms with E-state index in [2.05, 4.69) is 17.4 Å². The summed E-state index contributed by atoms with van der Waals surface area (Å²) >= 11 is 0. The fourth-order valence-corrected chi connectivity index (χ4v) is 3.92. The number of nitrogens with zero attached hydrogens (tertiary/aromatic N) is 1. The quantitative estimate of drug-likeness (QED) is 0.814. The predicted molar refractivity (Wildman–Crippen MR) is 93.4 cm³/mol. The third-order valence-corrected chi connectivity index (χ3v) is 5.46. The fraction of sp³-hybridized carbons (Fsp3) is 0.579. The molecule has 0 spiro atoms. The lowest BCUT2D eigenvalue weighted by Crippen LogP contribution is -2.48. The number of carbonyl (C=O) groups excluding carboxylic acids is 1. The van der Waals surface area contributed by atoms with Crippen molar-refractivity contribution in [1.82, 2.24) is 10.2 Å². The molecule has 0 aliphatic carbocycles. The van der Waals surface area contributed by atoms with E-state index in [4.69, 9.17) is 4.74 Å². The third kappa shape index (κ3) is 4.19. The zero-order valence-electron chi connectivity index (χ0n) is 14.4. The fourth-order valence-electron chi connectivity index (χ4n) is 3.92. The van der Waals surface area contributed by atoms with Gasteiger partial charge in [-0.15, -0.1) is 0 Å². The second kappa shape index (κ2) is 7.97. The Morgan fingerprint density at radius 3 is 2.64 bits per heavy atom. The summed E-state index contributed by atoms with van der Waals surface area (Å²) in [4.78, 5) is 25.4. The van der Waals surface area contributed by atoms with E-state index in [0.717, 1.165) is 19.3 Å². The molecule has 6 nitrogen and oxygen atoms in total. The van der Waals surface area contributed by atoms with Gasteiger partial charge >= 0.3 is 5.97 Å². The van der Waals surface area contributed by atoms with Gasteiger partial charge in [0.1, 0.15) is 6.04 Å². The molecule has 0 radical (unpaired) electrons. The Balaban J connectivity index is 1.61. The number of nitrogens with one attached hydrogen (secondary N) is 1. The lowest BCUT2D eigenvalue weighted by atomic mass is 9.74. The first-order valence-electron chi connectivity index (χ1n) is 8.98. The number of hydrogen-bond donors (Lipinski definition) is 2. The van der Waals surface area contributed by atoms with E-state index in [1.807, 2.05) is 18.2 Å². The Morgan fingerprint density at radius 2 is 1.96 bits per heavy atom. The maximum atomic E-state index is 12.4. The van der Waals surface area contributed by atoms with Gasteiger partial charge in [0.2, 0.25) is 5.91 Å². The van der Waals surface area contributed by atoms with Crippen LogP contribution in [0.5, 0.6) is 0 Å². The standard InChI is InChI=1S/C19H26N2O4/c22-17(13-21-10-4-7-16(21)18(23)24)20-14-19(8-11-25-12-9-19)15-5-2-1-3-6-15/h1-3,5-6,16H,4,7-14H2,(H,20,22)(H,23,24)/t16-/m1/s1. The average molecular weight is 346 g/mol. The summed E-state index contributed by atoms with van der Waals surface area (Å²) in [7, 11) is 0.